The van der Waals surface area contributed by atoms with Gasteiger partial charge in [-0.3, -0.25) is 0 Å². The van der Waals surface area contributed by atoms with Crippen molar-refractivity contribution in [1.29, 1.82) is 0 Å². The molecule has 1 saturated carbocycles. The summed E-state index contributed by atoms with van der Waals surface area (Å²) in [5.41, 5.74) is 1.44. The summed E-state index contributed by atoms with van der Waals surface area (Å²) in [6.07, 6.45) is 5.33. The molecule has 3 nitrogen and oxygen atoms in total. The molecular weight excluding hydrogens is 250 g/mol. The third-order valence-electron chi connectivity index (χ3n) is 4.75. The molecule has 0 amide bonds. The summed E-state index contributed by atoms with van der Waals surface area (Å²) < 4.78 is 10.9. The minimum absolute atomic E-state index is 0.426. The van der Waals surface area contributed by atoms with Gasteiger partial charge in [-0.25, -0.2) is 0 Å². The quantitative estimate of drug-likeness (QED) is 0.895. The molecule has 2 aliphatic rings. The second-order valence-corrected chi connectivity index (χ2v) is 6.15. The molecule has 1 aliphatic carbocycles. The lowest BCUT2D eigenvalue weighted by Gasteiger charge is -2.39. The van der Waals surface area contributed by atoms with Crippen LogP contribution >= 0.6 is 0 Å². The van der Waals surface area contributed by atoms with E-state index in [0.29, 0.717) is 24.1 Å². The monoisotopic (exact) mass is 275 g/mol. The van der Waals surface area contributed by atoms with Crippen molar-refractivity contribution >= 4 is 0 Å². The number of nitrogens with one attached hydrogen (secondary N) is 1. The van der Waals surface area contributed by atoms with Gasteiger partial charge >= 0.3 is 0 Å². The molecule has 3 heteroatoms. The van der Waals surface area contributed by atoms with Gasteiger partial charge in [0, 0.05) is 18.7 Å². The van der Waals surface area contributed by atoms with E-state index in [4.69, 9.17) is 9.47 Å². The predicted octanol–water partition coefficient (Wildman–Crippen LogP) is 3.10. The molecule has 20 heavy (non-hydrogen) atoms. The van der Waals surface area contributed by atoms with Crippen LogP contribution in [0.5, 0.6) is 5.75 Å². The van der Waals surface area contributed by atoms with Crippen LogP contribution in [0.4, 0.5) is 0 Å². The Balaban J connectivity index is 1.45. The number of benzene rings is 1. The Labute approximate surface area is 121 Å². The molecule has 2 unspecified atom stereocenters. The summed E-state index contributed by atoms with van der Waals surface area (Å²) in [6.45, 7) is 3.20. The summed E-state index contributed by atoms with van der Waals surface area (Å²) in [7, 11) is 1.71. The lowest BCUT2D eigenvalue weighted by atomic mass is 9.75. The first-order valence-corrected chi connectivity index (χ1v) is 7.78. The maximum Gasteiger partial charge on any atom is 0.118 e. The van der Waals surface area contributed by atoms with Crippen LogP contribution in [0.3, 0.4) is 0 Å². The second-order valence-electron chi connectivity index (χ2n) is 6.15. The van der Waals surface area contributed by atoms with E-state index in [2.05, 4.69) is 36.5 Å². The Kier molecular flexibility index (Phi) is 4.27. The normalized spacial score (nSPS) is 30.8. The van der Waals surface area contributed by atoms with E-state index >= 15 is 0 Å². The summed E-state index contributed by atoms with van der Waals surface area (Å²) in [4.78, 5) is 0. The molecule has 1 N–H and O–H groups in total. The topological polar surface area (TPSA) is 30.5 Å². The van der Waals surface area contributed by atoms with Gasteiger partial charge in [0.15, 0.2) is 0 Å². The summed E-state index contributed by atoms with van der Waals surface area (Å²) in [5.74, 6) is 1.64. The Morgan fingerprint density at radius 2 is 2.00 bits per heavy atom. The highest BCUT2D eigenvalue weighted by Gasteiger charge is 2.33. The summed E-state index contributed by atoms with van der Waals surface area (Å²) >= 11 is 0. The number of rotatable bonds is 5. The maximum absolute atomic E-state index is 5.74. The van der Waals surface area contributed by atoms with Gasteiger partial charge in [-0.05, 0) is 56.2 Å². The third kappa shape index (κ3) is 2.99. The molecule has 1 aromatic carbocycles. The SMILES string of the molecule is COc1ccc(C2CC(NC(C)C3CCCO3)C2)cc1. The fourth-order valence-corrected chi connectivity index (χ4v) is 3.38. The van der Waals surface area contributed by atoms with E-state index in [0.717, 1.165) is 12.4 Å². The molecule has 1 heterocycles. The predicted molar refractivity (Wildman–Crippen MR) is 80.3 cm³/mol. The van der Waals surface area contributed by atoms with Gasteiger partial charge in [-0.15, -0.1) is 0 Å². The van der Waals surface area contributed by atoms with Crippen LogP contribution < -0.4 is 10.1 Å². The van der Waals surface area contributed by atoms with E-state index in [1.54, 1.807) is 7.11 Å². The first-order valence-electron chi connectivity index (χ1n) is 7.78. The van der Waals surface area contributed by atoms with Crippen LogP contribution in [-0.2, 0) is 4.74 Å². The van der Waals surface area contributed by atoms with Crippen molar-refractivity contribution < 1.29 is 9.47 Å². The third-order valence-corrected chi connectivity index (χ3v) is 4.75. The molecule has 1 aromatic rings. The van der Waals surface area contributed by atoms with Gasteiger partial charge in [0.25, 0.3) is 0 Å². The molecule has 3 rings (SSSR count). The zero-order valence-corrected chi connectivity index (χ0v) is 12.5. The molecular formula is C17H25NO2. The molecule has 2 fully saturated rings. The molecule has 1 aliphatic heterocycles. The fourth-order valence-electron chi connectivity index (χ4n) is 3.38. The van der Waals surface area contributed by atoms with E-state index in [1.165, 1.54) is 31.2 Å². The van der Waals surface area contributed by atoms with Crippen LogP contribution in [0.2, 0.25) is 0 Å². The number of methoxy groups -OCH3 is 1. The summed E-state index contributed by atoms with van der Waals surface area (Å²) in [5, 5.41) is 3.73. The summed E-state index contributed by atoms with van der Waals surface area (Å²) in [6, 6.07) is 9.66. The second kappa shape index (κ2) is 6.15. The van der Waals surface area contributed by atoms with E-state index in [9.17, 15) is 0 Å². The number of ether oxygens (including phenoxy) is 2. The average Bonchev–Trinajstić information content (AvgIpc) is 2.96. The maximum atomic E-state index is 5.74. The van der Waals surface area contributed by atoms with Crippen LogP contribution in [0, 0.1) is 0 Å². The van der Waals surface area contributed by atoms with Gasteiger partial charge in [0.2, 0.25) is 0 Å². The van der Waals surface area contributed by atoms with E-state index < -0.39 is 0 Å². The smallest absolute Gasteiger partial charge is 0.118 e. The van der Waals surface area contributed by atoms with Gasteiger partial charge in [-0.2, -0.15) is 0 Å². The largest absolute Gasteiger partial charge is 0.497 e. The van der Waals surface area contributed by atoms with Gasteiger partial charge in [0.1, 0.15) is 5.75 Å². The zero-order valence-electron chi connectivity index (χ0n) is 12.5. The molecule has 0 radical (unpaired) electrons. The van der Waals surface area contributed by atoms with Crippen molar-refractivity contribution in [3.8, 4) is 5.75 Å². The van der Waals surface area contributed by atoms with Crippen molar-refractivity contribution in [2.24, 2.45) is 0 Å². The molecule has 110 valence electrons. The zero-order chi connectivity index (χ0) is 13.9. The van der Waals surface area contributed by atoms with Crippen LogP contribution in [0.1, 0.15) is 44.1 Å². The van der Waals surface area contributed by atoms with Crippen molar-refractivity contribution in [2.45, 2.75) is 56.7 Å². The standard InChI is InChI=1S/C17H25NO2/c1-12(17-4-3-9-20-17)18-15-10-14(11-15)13-5-7-16(19-2)8-6-13/h5-8,12,14-15,17-18H,3-4,9-11H2,1-2H3. The lowest BCUT2D eigenvalue weighted by molar-refractivity contribution is 0.0731. The van der Waals surface area contributed by atoms with Crippen molar-refractivity contribution in [3.05, 3.63) is 29.8 Å². The fraction of sp³-hybridized carbons (Fsp3) is 0.647. The molecule has 0 spiro atoms. The van der Waals surface area contributed by atoms with Crippen LogP contribution in [0.15, 0.2) is 24.3 Å². The highest BCUT2D eigenvalue weighted by atomic mass is 16.5. The Bertz CT molecular complexity index is 419. The van der Waals surface area contributed by atoms with Gasteiger partial charge in [-0.1, -0.05) is 12.1 Å². The minimum atomic E-state index is 0.426. The minimum Gasteiger partial charge on any atom is -0.497 e. The Morgan fingerprint density at radius 1 is 1.25 bits per heavy atom. The molecule has 0 bridgehead atoms. The molecule has 1 saturated heterocycles. The van der Waals surface area contributed by atoms with Crippen molar-refractivity contribution in [2.75, 3.05) is 13.7 Å². The highest BCUT2D eigenvalue weighted by Crippen LogP contribution is 2.37. The number of hydrogen-bond donors (Lipinski definition) is 1. The average molecular weight is 275 g/mol. The van der Waals surface area contributed by atoms with Crippen molar-refractivity contribution in [3.63, 3.8) is 0 Å². The van der Waals surface area contributed by atoms with Gasteiger partial charge < -0.3 is 14.8 Å². The Morgan fingerprint density at radius 3 is 2.60 bits per heavy atom. The lowest BCUT2D eigenvalue weighted by Crippen LogP contribution is -2.48. The Hall–Kier alpha value is -1.06. The molecule has 0 aromatic heterocycles. The van der Waals surface area contributed by atoms with Crippen LogP contribution in [0.25, 0.3) is 0 Å². The van der Waals surface area contributed by atoms with Gasteiger partial charge in [0.05, 0.1) is 13.2 Å². The molecule has 2 atom stereocenters. The highest BCUT2D eigenvalue weighted by molar-refractivity contribution is 5.30. The first-order chi connectivity index (χ1) is 9.76. The number of hydrogen-bond acceptors (Lipinski definition) is 3. The first kappa shape index (κ1) is 13.9. The van der Waals surface area contributed by atoms with Crippen LogP contribution in [-0.4, -0.2) is 31.9 Å². The van der Waals surface area contributed by atoms with E-state index in [1.807, 2.05) is 0 Å². The van der Waals surface area contributed by atoms with E-state index in [-0.39, 0.29) is 0 Å². The van der Waals surface area contributed by atoms with Crippen molar-refractivity contribution in [1.82, 2.24) is 5.32 Å².